The first-order valence-corrected chi connectivity index (χ1v) is 6.71. The van der Waals surface area contributed by atoms with Gasteiger partial charge in [-0.2, -0.15) is 4.68 Å². The molecule has 0 bridgehead atoms. The first-order valence-electron chi connectivity index (χ1n) is 6.71. The quantitative estimate of drug-likeness (QED) is 0.830. The number of benzene rings is 1. The maximum absolute atomic E-state index is 12.1. The number of hydrogen-bond acceptors (Lipinski definition) is 5. The molecule has 1 heterocycles. The lowest BCUT2D eigenvalue weighted by Gasteiger charge is -2.18. The van der Waals surface area contributed by atoms with E-state index in [-0.39, 0.29) is 5.82 Å². The summed E-state index contributed by atoms with van der Waals surface area (Å²) >= 11 is 0. The fourth-order valence-electron chi connectivity index (χ4n) is 1.69. The lowest BCUT2D eigenvalue weighted by Crippen LogP contribution is -2.27. The zero-order valence-corrected chi connectivity index (χ0v) is 12.7. The van der Waals surface area contributed by atoms with Crippen LogP contribution in [0.1, 0.15) is 31.1 Å². The molecule has 1 aromatic heterocycles. The van der Waals surface area contributed by atoms with Crippen molar-refractivity contribution in [2.24, 2.45) is 0 Å². The minimum Gasteiger partial charge on any atom is -0.442 e. The Hall–Kier alpha value is -2.83. The monoisotopic (exact) mass is 302 g/mol. The van der Waals surface area contributed by atoms with E-state index in [4.69, 9.17) is 10.5 Å². The van der Waals surface area contributed by atoms with E-state index in [2.05, 4.69) is 10.4 Å². The summed E-state index contributed by atoms with van der Waals surface area (Å²) in [4.78, 5) is 23.9. The molecule has 0 unspecified atom stereocenters. The standard InChI is InChI=1S/C15H18N4O3/c1-15(2,3)22-14(21)19-9-8-12(18-19)17-13(20)10-6-4-5-7-11(10)16/h4-9H,16H2,1-3H3,(H,17,18,20). The van der Waals surface area contributed by atoms with Gasteiger partial charge in [0.1, 0.15) is 5.60 Å². The third-order valence-electron chi connectivity index (χ3n) is 2.62. The van der Waals surface area contributed by atoms with Crippen molar-refractivity contribution >= 4 is 23.5 Å². The third kappa shape index (κ3) is 3.85. The molecule has 2 aromatic rings. The molecule has 0 aliphatic rings. The number of ether oxygens (including phenoxy) is 1. The van der Waals surface area contributed by atoms with Gasteiger partial charge in [-0.05, 0) is 32.9 Å². The first-order chi connectivity index (χ1) is 10.3. The Morgan fingerprint density at radius 3 is 2.55 bits per heavy atom. The van der Waals surface area contributed by atoms with E-state index in [0.717, 1.165) is 4.68 Å². The zero-order chi connectivity index (χ0) is 16.3. The summed E-state index contributed by atoms with van der Waals surface area (Å²) in [5, 5.41) is 6.54. The second-order valence-corrected chi connectivity index (χ2v) is 5.67. The molecular formula is C15H18N4O3. The maximum atomic E-state index is 12.1. The largest absolute Gasteiger partial charge is 0.442 e. The van der Waals surface area contributed by atoms with Crippen LogP contribution < -0.4 is 11.1 Å². The van der Waals surface area contributed by atoms with Gasteiger partial charge in [-0.15, -0.1) is 5.10 Å². The van der Waals surface area contributed by atoms with Gasteiger partial charge in [0.25, 0.3) is 5.91 Å². The van der Waals surface area contributed by atoms with E-state index in [9.17, 15) is 9.59 Å². The van der Waals surface area contributed by atoms with Gasteiger partial charge < -0.3 is 15.8 Å². The topological polar surface area (TPSA) is 99.2 Å². The zero-order valence-electron chi connectivity index (χ0n) is 12.7. The van der Waals surface area contributed by atoms with E-state index in [1.807, 2.05) is 0 Å². The number of nitrogens with zero attached hydrogens (tertiary/aromatic N) is 2. The highest BCUT2D eigenvalue weighted by molar-refractivity contribution is 6.07. The van der Waals surface area contributed by atoms with Gasteiger partial charge in [-0.25, -0.2) is 4.79 Å². The summed E-state index contributed by atoms with van der Waals surface area (Å²) in [7, 11) is 0. The van der Waals surface area contributed by atoms with Gasteiger partial charge in [0.2, 0.25) is 0 Å². The molecule has 0 saturated carbocycles. The molecule has 1 aromatic carbocycles. The molecule has 1 amide bonds. The molecule has 0 radical (unpaired) electrons. The molecule has 0 aliphatic carbocycles. The first kappa shape index (κ1) is 15.6. The van der Waals surface area contributed by atoms with E-state index >= 15 is 0 Å². The molecule has 2 rings (SSSR count). The van der Waals surface area contributed by atoms with Gasteiger partial charge in [-0.1, -0.05) is 12.1 Å². The summed E-state index contributed by atoms with van der Waals surface area (Å²) in [6.45, 7) is 5.28. The molecule has 7 heteroatoms. The number of hydrogen-bond donors (Lipinski definition) is 2. The molecule has 0 atom stereocenters. The second kappa shape index (κ2) is 5.88. The number of carbonyl (C=O) groups is 2. The Morgan fingerprint density at radius 1 is 1.23 bits per heavy atom. The fourth-order valence-corrected chi connectivity index (χ4v) is 1.69. The smallest absolute Gasteiger partial charge is 0.435 e. The van der Waals surface area contributed by atoms with E-state index in [1.54, 1.807) is 45.0 Å². The third-order valence-corrected chi connectivity index (χ3v) is 2.62. The summed E-state index contributed by atoms with van der Waals surface area (Å²) in [6.07, 6.45) is 0.796. The maximum Gasteiger partial charge on any atom is 0.435 e. The van der Waals surface area contributed by atoms with Crippen molar-refractivity contribution in [3.8, 4) is 0 Å². The predicted molar refractivity (Wildman–Crippen MR) is 82.7 cm³/mol. The van der Waals surface area contributed by atoms with Crippen molar-refractivity contribution in [3.63, 3.8) is 0 Å². The van der Waals surface area contributed by atoms with Crippen molar-refractivity contribution < 1.29 is 14.3 Å². The molecule has 22 heavy (non-hydrogen) atoms. The Labute approximate surface area is 128 Å². The molecule has 3 N–H and O–H groups in total. The normalized spacial score (nSPS) is 11.0. The Morgan fingerprint density at radius 2 is 1.91 bits per heavy atom. The highest BCUT2D eigenvalue weighted by Gasteiger charge is 2.19. The number of nitrogen functional groups attached to an aromatic ring is 1. The van der Waals surface area contributed by atoms with Gasteiger partial charge in [-0.3, -0.25) is 4.79 Å². The molecule has 116 valence electrons. The van der Waals surface area contributed by atoms with Crippen molar-refractivity contribution in [1.29, 1.82) is 0 Å². The number of anilines is 2. The number of nitrogens with two attached hydrogens (primary N) is 1. The lowest BCUT2D eigenvalue weighted by molar-refractivity contribution is 0.0514. The van der Waals surface area contributed by atoms with Crippen LogP contribution in [0.5, 0.6) is 0 Å². The predicted octanol–water partition coefficient (Wildman–Crippen LogP) is 2.50. The molecular weight excluding hydrogens is 284 g/mol. The van der Waals surface area contributed by atoms with E-state index in [0.29, 0.717) is 11.3 Å². The van der Waals surface area contributed by atoms with Crippen LogP contribution in [-0.2, 0) is 4.74 Å². The van der Waals surface area contributed by atoms with Gasteiger partial charge in [0, 0.05) is 18.0 Å². The lowest BCUT2D eigenvalue weighted by atomic mass is 10.2. The summed E-state index contributed by atoms with van der Waals surface area (Å²) in [5.41, 5.74) is 5.83. The number of aromatic nitrogens is 2. The second-order valence-electron chi connectivity index (χ2n) is 5.67. The number of rotatable bonds is 2. The van der Waals surface area contributed by atoms with Gasteiger partial charge in [0.05, 0.1) is 5.56 Å². The number of para-hydroxylation sites is 1. The molecule has 7 nitrogen and oxygen atoms in total. The summed E-state index contributed by atoms with van der Waals surface area (Å²) in [6, 6.07) is 8.19. The van der Waals surface area contributed by atoms with Crippen molar-refractivity contribution in [2.45, 2.75) is 26.4 Å². The van der Waals surface area contributed by atoms with Crippen molar-refractivity contribution in [3.05, 3.63) is 42.1 Å². The van der Waals surface area contributed by atoms with Crippen molar-refractivity contribution in [2.75, 3.05) is 11.1 Å². The average Bonchev–Trinajstić information content (AvgIpc) is 2.85. The Bertz CT molecular complexity index is 701. The van der Waals surface area contributed by atoms with Crippen LogP contribution in [0.4, 0.5) is 16.3 Å². The minimum absolute atomic E-state index is 0.235. The Kier molecular flexibility index (Phi) is 4.16. The van der Waals surface area contributed by atoms with Crippen LogP contribution >= 0.6 is 0 Å². The molecule has 0 saturated heterocycles. The van der Waals surface area contributed by atoms with Crippen LogP contribution in [0.3, 0.4) is 0 Å². The van der Waals surface area contributed by atoms with Crippen LogP contribution in [0.2, 0.25) is 0 Å². The van der Waals surface area contributed by atoms with Crippen LogP contribution in [0.25, 0.3) is 0 Å². The van der Waals surface area contributed by atoms with Gasteiger partial charge >= 0.3 is 6.09 Å². The Balaban J connectivity index is 2.08. The number of nitrogens with one attached hydrogen (secondary N) is 1. The molecule has 0 aliphatic heterocycles. The van der Waals surface area contributed by atoms with Crippen molar-refractivity contribution in [1.82, 2.24) is 9.78 Å². The SMILES string of the molecule is CC(C)(C)OC(=O)n1ccc(NC(=O)c2ccccc2N)n1. The van der Waals surface area contributed by atoms with Gasteiger partial charge in [0.15, 0.2) is 5.82 Å². The average molecular weight is 302 g/mol. The van der Waals surface area contributed by atoms with E-state index in [1.165, 1.54) is 12.3 Å². The van der Waals surface area contributed by atoms with E-state index < -0.39 is 17.6 Å². The minimum atomic E-state index is -0.620. The van der Waals surface area contributed by atoms with Crippen LogP contribution in [0.15, 0.2) is 36.5 Å². The van der Waals surface area contributed by atoms with Crippen LogP contribution in [0, 0.1) is 0 Å². The summed E-state index contributed by atoms with van der Waals surface area (Å²) in [5.74, 6) is -0.161. The fraction of sp³-hybridized carbons (Fsp3) is 0.267. The highest BCUT2D eigenvalue weighted by atomic mass is 16.6. The summed E-state index contributed by atoms with van der Waals surface area (Å²) < 4.78 is 6.20. The number of amides is 1. The molecule has 0 spiro atoms. The number of carbonyl (C=O) groups excluding carboxylic acids is 2. The molecule has 0 fully saturated rings. The van der Waals surface area contributed by atoms with Crippen LogP contribution in [-0.4, -0.2) is 27.4 Å². The highest BCUT2D eigenvalue weighted by Crippen LogP contribution is 2.14.